The van der Waals surface area contributed by atoms with Crippen molar-refractivity contribution in [3.05, 3.63) is 53.6 Å². The van der Waals surface area contributed by atoms with Crippen LogP contribution in [0.25, 0.3) is 0 Å². The molecule has 6 nitrogen and oxygen atoms in total. The molecule has 0 saturated carbocycles. The molecule has 2 amide bonds. The highest BCUT2D eigenvalue weighted by Gasteiger charge is 2.37. The minimum atomic E-state index is -0.664. The van der Waals surface area contributed by atoms with Gasteiger partial charge in [-0.15, -0.1) is 0 Å². The van der Waals surface area contributed by atoms with Gasteiger partial charge in [0.25, 0.3) is 0 Å². The number of carbonyl (C=O) groups is 2. The molecule has 0 spiro atoms. The number of carbonyl (C=O) groups excluding carboxylic acids is 2. The van der Waals surface area contributed by atoms with Gasteiger partial charge in [0.1, 0.15) is 5.92 Å². The molecule has 28 heavy (non-hydrogen) atoms. The zero-order valence-electron chi connectivity index (χ0n) is 16.5. The molecule has 1 heterocycles. The van der Waals surface area contributed by atoms with Crippen molar-refractivity contribution in [1.29, 1.82) is 0 Å². The number of para-hydroxylation sites is 1. The monoisotopic (exact) mass is 382 g/mol. The van der Waals surface area contributed by atoms with E-state index in [1.165, 1.54) is 5.56 Å². The van der Waals surface area contributed by atoms with Crippen LogP contribution < -0.4 is 19.7 Å². The lowest BCUT2D eigenvalue weighted by atomic mass is 10.1. The highest BCUT2D eigenvalue weighted by Crippen LogP contribution is 2.31. The zero-order chi connectivity index (χ0) is 20.1. The fraction of sp³-hybridized carbons (Fsp3) is 0.364. The fourth-order valence-corrected chi connectivity index (χ4v) is 3.49. The summed E-state index contributed by atoms with van der Waals surface area (Å²) < 4.78 is 10.7. The van der Waals surface area contributed by atoms with Gasteiger partial charge in [0.2, 0.25) is 11.8 Å². The predicted molar refractivity (Wildman–Crippen MR) is 108 cm³/mol. The van der Waals surface area contributed by atoms with Crippen LogP contribution in [-0.4, -0.2) is 32.6 Å². The van der Waals surface area contributed by atoms with Gasteiger partial charge in [0.15, 0.2) is 11.5 Å². The van der Waals surface area contributed by atoms with E-state index in [4.69, 9.17) is 9.47 Å². The Hall–Kier alpha value is -3.02. The Morgan fingerprint density at radius 3 is 2.54 bits per heavy atom. The summed E-state index contributed by atoms with van der Waals surface area (Å²) in [7, 11) is 3.13. The third-order valence-corrected chi connectivity index (χ3v) is 5.12. The molecule has 1 aliphatic heterocycles. The molecular formula is C22H26N2O4. The Balaban J connectivity index is 1.65. The molecule has 0 bridgehead atoms. The maximum atomic E-state index is 12.8. The molecule has 3 rings (SSSR count). The Kier molecular flexibility index (Phi) is 6.19. The third-order valence-electron chi connectivity index (χ3n) is 5.12. The molecular weight excluding hydrogens is 356 g/mol. The van der Waals surface area contributed by atoms with Crippen molar-refractivity contribution < 1.29 is 19.1 Å². The number of ether oxygens (including phenoxy) is 2. The first-order chi connectivity index (χ1) is 13.6. The van der Waals surface area contributed by atoms with E-state index in [9.17, 15) is 9.59 Å². The van der Waals surface area contributed by atoms with Gasteiger partial charge in [0.05, 0.1) is 14.2 Å². The summed E-state index contributed by atoms with van der Waals surface area (Å²) in [6, 6.07) is 13.4. The second-order valence-electron chi connectivity index (χ2n) is 6.72. The molecule has 0 aromatic heterocycles. The van der Waals surface area contributed by atoms with Crippen molar-refractivity contribution >= 4 is 17.5 Å². The SMILES string of the molecule is CCc1ccc(N2CCC(C(=O)NCc3cccc(OC)c3OC)C2=O)cc1. The van der Waals surface area contributed by atoms with Crippen molar-refractivity contribution in [2.75, 3.05) is 25.7 Å². The number of methoxy groups -OCH3 is 2. The van der Waals surface area contributed by atoms with Gasteiger partial charge in [-0.05, 0) is 36.6 Å². The Labute approximate surface area is 165 Å². The summed E-state index contributed by atoms with van der Waals surface area (Å²) >= 11 is 0. The highest BCUT2D eigenvalue weighted by atomic mass is 16.5. The van der Waals surface area contributed by atoms with Crippen molar-refractivity contribution in [2.24, 2.45) is 5.92 Å². The molecule has 1 atom stereocenters. The maximum Gasteiger partial charge on any atom is 0.239 e. The molecule has 148 valence electrons. The minimum Gasteiger partial charge on any atom is -0.493 e. The maximum absolute atomic E-state index is 12.8. The van der Waals surface area contributed by atoms with Crippen molar-refractivity contribution in [3.8, 4) is 11.5 Å². The molecule has 1 saturated heterocycles. The lowest BCUT2D eigenvalue weighted by Gasteiger charge is -2.17. The summed E-state index contributed by atoms with van der Waals surface area (Å²) in [6.45, 7) is 2.91. The van der Waals surface area contributed by atoms with Crippen LogP contribution in [0.4, 0.5) is 5.69 Å². The predicted octanol–water partition coefficient (Wildman–Crippen LogP) is 2.94. The van der Waals surface area contributed by atoms with E-state index < -0.39 is 5.92 Å². The topological polar surface area (TPSA) is 67.9 Å². The number of nitrogens with zero attached hydrogens (tertiary/aromatic N) is 1. The van der Waals surface area contributed by atoms with Crippen LogP contribution in [0, 0.1) is 5.92 Å². The van der Waals surface area contributed by atoms with E-state index in [1.54, 1.807) is 25.2 Å². The summed E-state index contributed by atoms with van der Waals surface area (Å²) in [5.41, 5.74) is 2.86. The Morgan fingerprint density at radius 1 is 1.14 bits per heavy atom. The van der Waals surface area contributed by atoms with Gasteiger partial charge in [-0.25, -0.2) is 0 Å². The first kappa shape index (κ1) is 19.7. The third kappa shape index (κ3) is 3.96. The lowest BCUT2D eigenvalue weighted by molar-refractivity contribution is -0.132. The van der Waals surface area contributed by atoms with Crippen LogP contribution in [0.3, 0.4) is 0 Å². The van der Waals surface area contributed by atoms with Gasteiger partial charge in [-0.2, -0.15) is 0 Å². The van der Waals surface area contributed by atoms with Crippen LogP contribution in [0.5, 0.6) is 11.5 Å². The summed E-state index contributed by atoms with van der Waals surface area (Å²) in [6.07, 6.45) is 1.46. The van der Waals surface area contributed by atoms with Crippen molar-refractivity contribution in [3.63, 3.8) is 0 Å². The summed E-state index contributed by atoms with van der Waals surface area (Å²) in [5, 5.41) is 2.87. The number of nitrogens with one attached hydrogen (secondary N) is 1. The quantitative estimate of drug-likeness (QED) is 0.748. The number of benzene rings is 2. The van der Waals surface area contributed by atoms with E-state index in [2.05, 4.69) is 12.2 Å². The average molecular weight is 382 g/mol. The number of aryl methyl sites for hydroxylation is 1. The van der Waals surface area contributed by atoms with Gasteiger partial charge in [-0.3, -0.25) is 9.59 Å². The van der Waals surface area contributed by atoms with Crippen LogP contribution in [-0.2, 0) is 22.6 Å². The van der Waals surface area contributed by atoms with E-state index in [1.807, 2.05) is 36.4 Å². The Bertz CT molecular complexity index is 848. The molecule has 2 aromatic carbocycles. The first-order valence-corrected chi connectivity index (χ1v) is 9.47. The number of hydrogen-bond acceptors (Lipinski definition) is 4. The fourth-order valence-electron chi connectivity index (χ4n) is 3.49. The number of amides is 2. The van der Waals surface area contributed by atoms with Crippen LogP contribution >= 0.6 is 0 Å². The van der Waals surface area contributed by atoms with Gasteiger partial charge in [0, 0.05) is 24.3 Å². The number of anilines is 1. The van der Waals surface area contributed by atoms with Crippen molar-refractivity contribution in [1.82, 2.24) is 5.32 Å². The van der Waals surface area contributed by atoms with Crippen LogP contribution in [0.2, 0.25) is 0 Å². The second kappa shape index (κ2) is 8.78. The summed E-state index contributed by atoms with van der Waals surface area (Å²) in [4.78, 5) is 27.1. The number of hydrogen-bond donors (Lipinski definition) is 1. The molecule has 6 heteroatoms. The Morgan fingerprint density at radius 2 is 1.89 bits per heavy atom. The van der Waals surface area contributed by atoms with E-state index in [0.717, 1.165) is 17.7 Å². The average Bonchev–Trinajstić information content (AvgIpc) is 3.12. The molecule has 1 N–H and O–H groups in total. The zero-order valence-corrected chi connectivity index (χ0v) is 16.5. The van der Waals surface area contributed by atoms with Gasteiger partial charge in [-0.1, -0.05) is 31.2 Å². The highest BCUT2D eigenvalue weighted by molar-refractivity contribution is 6.09. The van der Waals surface area contributed by atoms with Gasteiger partial charge >= 0.3 is 0 Å². The van der Waals surface area contributed by atoms with Crippen LogP contribution in [0.1, 0.15) is 24.5 Å². The van der Waals surface area contributed by atoms with E-state index in [-0.39, 0.29) is 18.4 Å². The second-order valence-corrected chi connectivity index (χ2v) is 6.72. The molecule has 1 fully saturated rings. The van der Waals surface area contributed by atoms with Gasteiger partial charge < -0.3 is 19.7 Å². The largest absolute Gasteiger partial charge is 0.493 e. The molecule has 2 aromatic rings. The molecule has 0 radical (unpaired) electrons. The van der Waals surface area contributed by atoms with E-state index in [0.29, 0.717) is 24.5 Å². The number of rotatable bonds is 7. The van der Waals surface area contributed by atoms with Crippen LogP contribution in [0.15, 0.2) is 42.5 Å². The standard InChI is InChI=1S/C22H26N2O4/c1-4-15-8-10-17(11-9-15)24-13-12-18(22(24)26)21(25)23-14-16-6-5-7-19(27-2)20(16)28-3/h5-11,18H,4,12-14H2,1-3H3,(H,23,25). The molecule has 1 unspecified atom stereocenters. The normalized spacial score (nSPS) is 16.2. The molecule has 1 aliphatic rings. The molecule has 0 aliphatic carbocycles. The van der Waals surface area contributed by atoms with E-state index >= 15 is 0 Å². The smallest absolute Gasteiger partial charge is 0.239 e. The lowest BCUT2D eigenvalue weighted by Crippen LogP contribution is -2.36. The first-order valence-electron chi connectivity index (χ1n) is 9.47. The summed E-state index contributed by atoms with van der Waals surface area (Å²) in [5.74, 6) is 0.109. The van der Waals surface area contributed by atoms with Crippen molar-refractivity contribution in [2.45, 2.75) is 26.3 Å². The minimum absolute atomic E-state index is 0.153.